The van der Waals surface area contributed by atoms with Crippen molar-refractivity contribution in [3.8, 4) is 0 Å². The van der Waals surface area contributed by atoms with Gasteiger partial charge in [-0.2, -0.15) is 4.31 Å². The molecule has 0 bridgehead atoms. The maximum absolute atomic E-state index is 12.6. The minimum Gasteiger partial charge on any atom is -0.452 e. The van der Waals surface area contributed by atoms with E-state index >= 15 is 0 Å². The lowest BCUT2D eigenvalue weighted by Crippen LogP contribution is -2.40. The first-order valence-corrected chi connectivity index (χ1v) is 10.5. The number of carbonyl (C=O) groups excluding carboxylic acids is 3. The Morgan fingerprint density at radius 2 is 1.77 bits per heavy atom. The highest BCUT2D eigenvalue weighted by molar-refractivity contribution is 7.89. The van der Waals surface area contributed by atoms with Crippen molar-refractivity contribution in [1.82, 2.24) is 14.2 Å². The minimum atomic E-state index is -3.67. The van der Waals surface area contributed by atoms with Crippen molar-refractivity contribution in [2.24, 2.45) is 7.05 Å². The quantitative estimate of drug-likeness (QED) is 0.641. The molecule has 1 fully saturated rings. The number of esters is 1. The van der Waals surface area contributed by atoms with Crippen LogP contribution in [0, 0.1) is 0 Å². The fourth-order valence-electron chi connectivity index (χ4n) is 2.84. The molecular formula is C19H21N3O7S. The number of sulfonamides is 1. The van der Waals surface area contributed by atoms with Gasteiger partial charge in [0.2, 0.25) is 10.0 Å². The van der Waals surface area contributed by atoms with Gasteiger partial charge in [0.15, 0.2) is 6.61 Å². The van der Waals surface area contributed by atoms with Crippen LogP contribution in [0.5, 0.6) is 0 Å². The summed E-state index contributed by atoms with van der Waals surface area (Å²) < 4.78 is 38.1. The van der Waals surface area contributed by atoms with Crippen LogP contribution in [0.25, 0.3) is 0 Å². The molecule has 0 saturated carbocycles. The number of aromatic nitrogens is 1. The van der Waals surface area contributed by atoms with Crippen LogP contribution in [0.2, 0.25) is 0 Å². The first kappa shape index (κ1) is 21.7. The van der Waals surface area contributed by atoms with Gasteiger partial charge in [0.1, 0.15) is 5.69 Å². The molecule has 0 radical (unpaired) electrons. The summed E-state index contributed by atoms with van der Waals surface area (Å²) >= 11 is 0. The third-order valence-electron chi connectivity index (χ3n) is 4.46. The zero-order chi connectivity index (χ0) is 21.7. The topological polar surface area (TPSA) is 124 Å². The molecule has 1 aliphatic rings. The molecule has 0 atom stereocenters. The highest BCUT2D eigenvalue weighted by Gasteiger charge is 2.26. The molecular weight excluding hydrogens is 414 g/mol. The predicted octanol–water partition coefficient (Wildman–Crippen LogP) is 0.159. The maximum atomic E-state index is 12.6. The van der Waals surface area contributed by atoms with Crippen molar-refractivity contribution in [2.75, 3.05) is 32.9 Å². The Morgan fingerprint density at radius 3 is 2.37 bits per heavy atom. The number of nitrogens with one attached hydrogen (secondary N) is 1. The van der Waals surface area contributed by atoms with Gasteiger partial charge in [-0.3, -0.25) is 14.9 Å². The number of carbonyl (C=O) groups is 3. The van der Waals surface area contributed by atoms with Gasteiger partial charge in [0.05, 0.1) is 23.7 Å². The molecule has 3 rings (SSSR count). The number of morpholine rings is 1. The van der Waals surface area contributed by atoms with E-state index in [0.29, 0.717) is 13.2 Å². The Bertz CT molecular complexity index is 1040. The van der Waals surface area contributed by atoms with Crippen molar-refractivity contribution in [3.05, 3.63) is 53.9 Å². The van der Waals surface area contributed by atoms with Gasteiger partial charge in [-0.25, -0.2) is 13.2 Å². The highest BCUT2D eigenvalue weighted by atomic mass is 32.2. The SMILES string of the molecule is Cn1cccc1C(=O)NC(=O)COC(=O)c1ccc(S(=O)(=O)N2CCOCC2)cc1. The summed E-state index contributed by atoms with van der Waals surface area (Å²) in [5, 5.41) is 2.12. The summed E-state index contributed by atoms with van der Waals surface area (Å²) in [5.41, 5.74) is 0.365. The van der Waals surface area contributed by atoms with Gasteiger partial charge in [-0.1, -0.05) is 0 Å². The van der Waals surface area contributed by atoms with Gasteiger partial charge >= 0.3 is 5.97 Å². The molecule has 30 heavy (non-hydrogen) atoms. The third-order valence-corrected chi connectivity index (χ3v) is 6.37. The Kier molecular flexibility index (Phi) is 6.65. The Labute approximate surface area is 173 Å². The average molecular weight is 435 g/mol. The standard InChI is InChI=1S/C19H21N3O7S/c1-21-8-2-3-16(21)18(24)20-17(23)13-29-19(25)14-4-6-15(7-5-14)30(26,27)22-9-11-28-12-10-22/h2-8H,9-13H2,1H3,(H,20,23,24). The second-order valence-electron chi connectivity index (χ2n) is 6.50. The molecule has 0 unspecified atom stereocenters. The number of hydrogen-bond acceptors (Lipinski definition) is 7. The minimum absolute atomic E-state index is 0.0480. The molecule has 2 aromatic rings. The summed E-state index contributed by atoms with van der Waals surface area (Å²) in [4.78, 5) is 36.0. The fourth-order valence-corrected chi connectivity index (χ4v) is 4.25. The predicted molar refractivity (Wildman–Crippen MR) is 104 cm³/mol. The van der Waals surface area contributed by atoms with Crippen molar-refractivity contribution < 1.29 is 32.3 Å². The van der Waals surface area contributed by atoms with Gasteiger partial charge in [0.25, 0.3) is 11.8 Å². The van der Waals surface area contributed by atoms with Crippen molar-refractivity contribution in [3.63, 3.8) is 0 Å². The molecule has 10 nitrogen and oxygen atoms in total. The first-order valence-electron chi connectivity index (χ1n) is 9.09. The molecule has 1 aromatic heterocycles. The van der Waals surface area contributed by atoms with E-state index in [4.69, 9.17) is 9.47 Å². The number of aryl methyl sites for hydroxylation is 1. The van der Waals surface area contributed by atoms with E-state index in [1.807, 2.05) is 0 Å². The van der Waals surface area contributed by atoms with Crippen LogP contribution in [0.4, 0.5) is 0 Å². The normalized spacial score (nSPS) is 14.8. The van der Waals surface area contributed by atoms with E-state index in [1.165, 1.54) is 28.6 Å². The molecule has 0 spiro atoms. The summed E-state index contributed by atoms with van der Waals surface area (Å²) in [5.74, 6) is -2.20. The number of ether oxygens (including phenoxy) is 2. The second kappa shape index (κ2) is 9.20. The van der Waals surface area contributed by atoms with Crippen LogP contribution < -0.4 is 5.32 Å². The lowest BCUT2D eigenvalue weighted by atomic mass is 10.2. The zero-order valence-electron chi connectivity index (χ0n) is 16.2. The Balaban J connectivity index is 1.55. The van der Waals surface area contributed by atoms with E-state index in [2.05, 4.69) is 5.32 Å². The first-order chi connectivity index (χ1) is 14.3. The van der Waals surface area contributed by atoms with Gasteiger partial charge < -0.3 is 14.0 Å². The number of rotatable bonds is 6. The molecule has 1 aromatic carbocycles. The monoisotopic (exact) mass is 435 g/mol. The molecule has 1 saturated heterocycles. The summed E-state index contributed by atoms with van der Waals surface area (Å²) in [7, 11) is -2.02. The van der Waals surface area contributed by atoms with Crippen LogP contribution in [0.1, 0.15) is 20.8 Å². The van der Waals surface area contributed by atoms with E-state index in [9.17, 15) is 22.8 Å². The smallest absolute Gasteiger partial charge is 0.338 e. The van der Waals surface area contributed by atoms with Crippen molar-refractivity contribution >= 4 is 27.8 Å². The molecule has 160 valence electrons. The summed E-state index contributed by atoms with van der Waals surface area (Å²) in [6.45, 7) is 0.546. The molecule has 2 amide bonds. The molecule has 11 heteroatoms. The van der Waals surface area contributed by atoms with Crippen LogP contribution in [0.15, 0.2) is 47.5 Å². The molecule has 1 aliphatic heterocycles. The van der Waals surface area contributed by atoms with Gasteiger partial charge in [-0.05, 0) is 36.4 Å². The molecule has 0 aliphatic carbocycles. The van der Waals surface area contributed by atoms with E-state index in [0.717, 1.165) is 0 Å². The third kappa shape index (κ3) is 4.93. The van der Waals surface area contributed by atoms with Crippen LogP contribution in [-0.4, -0.2) is 68.0 Å². The van der Waals surface area contributed by atoms with Crippen LogP contribution in [-0.2, 0) is 31.3 Å². The van der Waals surface area contributed by atoms with Gasteiger partial charge in [-0.15, -0.1) is 0 Å². The largest absolute Gasteiger partial charge is 0.452 e. The zero-order valence-corrected chi connectivity index (χ0v) is 17.1. The highest BCUT2D eigenvalue weighted by Crippen LogP contribution is 2.18. The van der Waals surface area contributed by atoms with Crippen LogP contribution >= 0.6 is 0 Å². The van der Waals surface area contributed by atoms with Crippen molar-refractivity contribution in [1.29, 1.82) is 0 Å². The molecule has 1 N–H and O–H groups in total. The van der Waals surface area contributed by atoms with E-state index < -0.39 is 34.4 Å². The summed E-state index contributed by atoms with van der Waals surface area (Å²) in [6, 6.07) is 8.43. The number of benzene rings is 1. The molecule has 2 heterocycles. The number of amides is 2. The number of nitrogens with zero attached hydrogens (tertiary/aromatic N) is 2. The lowest BCUT2D eigenvalue weighted by molar-refractivity contribution is -0.123. The van der Waals surface area contributed by atoms with Crippen molar-refractivity contribution in [2.45, 2.75) is 4.90 Å². The Hall–Kier alpha value is -3.02. The second-order valence-corrected chi connectivity index (χ2v) is 8.44. The van der Waals surface area contributed by atoms with Crippen LogP contribution in [0.3, 0.4) is 0 Å². The number of hydrogen-bond donors (Lipinski definition) is 1. The number of imide groups is 1. The summed E-state index contributed by atoms with van der Waals surface area (Å²) in [6.07, 6.45) is 1.66. The fraction of sp³-hybridized carbons (Fsp3) is 0.316. The maximum Gasteiger partial charge on any atom is 0.338 e. The van der Waals surface area contributed by atoms with Gasteiger partial charge in [0, 0.05) is 26.3 Å². The lowest BCUT2D eigenvalue weighted by Gasteiger charge is -2.26. The Morgan fingerprint density at radius 1 is 1.10 bits per heavy atom. The van der Waals surface area contributed by atoms with E-state index in [-0.39, 0.29) is 29.2 Å². The average Bonchev–Trinajstić information content (AvgIpc) is 3.18. The van der Waals surface area contributed by atoms with E-state index in [1.54, 1.807) is 29.9 Å².